The van der Waals surface area contributed by atoms with Crippen LogP contribution >= 0.6 is 0 Å². The Balaban J connectivity index is 1.12. The van der Waals surface area contributed by atoms with Crippen molar-refractivity contribution in [3.63, 3.8) is 0 Å². The number of carbonyl (C=O) groups is 3. The first-order chi connectivity index (χ1) is 25.9. The Bertz CT molecular complexity index is 1640. The molecule has 2 aliphatic heterocycles. The molecule has 2 amide bonds. The van der Waals surface area contributed by atoms with Gasteiger partial charge in [-0.1, -0.05) is 47.0 Å². The molecular weight excluding hydrogens is 685 g/mol. The van der Waals surface area contributed by atoms with E-state index in [0.29, 0.717) is 65.1 Å². The van der Waals surface area contributed by atoms with Gasteiger partial charge in [-0.25, -0.2) is 4.98 Å². The molecule has 13 nitrogen and oxygen atoms in total. The van der Waals surface area contributed by atoms with Crippen LogP contribution in [-0.4, -0.2) is 95.2 Å². The molecule has 1 saturated heterocycles. The van der Waals surface area contributed by atoms with Gasteiger partial charge in [-0.3, -0.25) is 19.3 Å². The summed E-state index contributed by atoms with van der Waals surface area (Å²) in [6.07, 6.45) is 12.3. The van der Waals surface area contributed by atoms with Crippen LogP contribution in [0.5, 0.6) is 5.75 Å². The van der Waals surface area contributed by atoms with Gasteiger partial charge in [0.1, 0.15) is 23.5 Å². The molecule has 13 heteroatoms. The Labute approximate surface area is 320 Å². The number of ether oxygens (including phenoxy) is 1. The van der Waals surface area contributed by atoms with E-state index < -0.39 is 12.0 Å². The van der Waals surface area contributed by atoms with Crippen LogP contribution in [0.3, 0.4) is 0 Å². The maximum absolute atomic E-state index is 13.6. The summed E-state index contributed by atoms with van der Waals surface area (Å²) in [5.74, 6) is 2.69. The van der Waals surface area contributed by atoms with Crippen LogP contribution in [0.1, 0.15) is 109 Å². The molecule has 5 N–H and O–H groups in total. The number of hydrogen-bond acceptors (Lipinski definition) is 10. The number of aromatic nitrogens is 2. The average molecular weight is 747 g/mol. The number of anilines is 4. The van der Waals surface area contributed by atoms with E-state index in [9.17, 15) is 19.5 Å². The molecule has 0 radical (unpaired) electrons. The largest absolute Gasteiger partial charge is 0.495 e. The van der Waals surface area contributed by atoms with Gasteiger partial charge in [-0.05, 0) is 93.2 Å². The summed E-state index contributed by atoms with van der Waals surface area (Å²) in [4.78, 5) is 54.6. The van der Waals surface area contributed by atoms with Crippen LogP contribution in [0.15, 0.2) is 24.4 Å². The number of aliphatic carboxylic acids is 1. The van der Waals surface area contributed by atoms with Crippen LogP contribution in [0.25, 0.3) is 0 Å². The van der Waals surface area contributed by atoms with E-state index in [1.54, 1.807) is 37.4 Å². The number of likely N-dealkylation sites (tertiary alicyclic amines) is 1. The number of benzene rings is 1. The quantitative estimate of drug-likeness (QED) is 0.196. The molecule has 3 fully saturated rings. The fourth-order valence-electron chi connectivity index (χ4n) is 9.82. The molecule has 6 rings (SSSR count). The van der Waals surface area contributed by atoms with Crippen LogP contribution in [0.2, 0.25) is 0 Å². The molecule has 296 valence electrons. The zero-order valence-corrected chi connectivity index (χ0v) is 33.1. The molecule has 2 aromatic rings. The van der Waals surface area contributed by atoms with Crippen LogP contribution in [-0.2, 0) is 9.59 Å². The fraction of sp³-hybridized carbons (Fsp3) is 0.683. The van der Waals surface area contributed by atoms with Crippen molar-refractivity contribution in [1.29, 1.82) is 0 Å². The predicted molar refractivity (Wildman–Crippen MR) is 211 cm³/mol. The smallest absolute Gasteiger partial charge is 0.320 e. The van der Waals surface area contributed by atoms with Gasteiger partial charge in [0, 0.05) is 43.8 Å². The third-order valence-corrected chi connectivity index (χ3v) is 12.8. The first-order valence-electron chi connectivity index (χ1n) is 20.3. The van der Waals surface area contributed by atoms with Gasteiger partial charge in [0.05, 0.1) is 19.0 Å². The monoisotopic (exact) mass is 746 g/mol. The van der Waals surface area contributed by atoms with Gasteiger partial charge in [0.2, 0.25) is 11.9 Å². The lowest BCUT2D eigenvalue weighted by Gasteiger charge is -2.48. The minimum atomic E-state index is -0.944. The number of hydrogen-bond donors (Lipinski definition) is 4. The Morgan fingerprint density at radius 2 is 1.80 bits per heavy atom. The number of fused-ring (bicyclic) bond motifs is 1. The molecule has 0 bridgehead atoms. The van der Waals surface area contributed by atoms with Crippen molar-refractivity contribution in [2.45, 2.75) is 129 Å². The Morgan fingerprint density at radius 3 is 2.44 bits per heavy atom. The lowest BCUT2D eigenvalue weighted by Crippen LogP contribution is -2.55. The van der Waals surface area contributed by atoms with E-state index in [2.05, 4.69) is 46.2 Å². The highest BCUT2D eigenvalue weighted by molar-refractivity contribution is 6.04. The third kappa shape index (κ3) is 8.46. The number of piperidine rings is 1. The van der Waals surface area contributed by atoms with Gasteiger partial charge in [-0.2, -0.15) is 4.98 Å². The molecule has 0 spiro atoms. The Hall–Kier alpha value is -3.97. The van der Waals surface area contributed by atoms with Gasteiger partial charge in [-0.15, -0.1) is 0 Å². The fourth-order valence-corrected chi connectivity index (χ4v) is 9.82. The molecule has 3 heterocycles. The summed E-state index contributed by atoms with van der Waals surface area (Å²) in [6.45, 7) is 10.5. The second kappa shape index (κ2) is 17.2. The summed E-state index contributed by atoms with van der Waals surface area (Å²) in [5.41, 5.74) is 8.00. The Morgan fingerprint density at radius 1 is 1.07 bits per heavy atom. The van der Waals surface area contributed by atoms with Crippen molar-refractivity contribution >= 4 is 40.9 Å². The van der Waals surface area contributed by atoms with Crippen LogP contribution in [0.4, 0.5) is 23.1 Å². The number of amides is 2. The van der Waals surface area contributed by atoms with Gasteiger partial charge >= 0.3 is 5.97 Å². The number of rotatable bonds is 13. The van der Waals surface area contributed by atoms with Crippen molar-refractivity contribution in [1.82, 2.24) is 20.2 Å². The number of carboxylic acids is 1. The molecule has 54 heavy (non-hydrogen) atoms. The standard InChI is InChI=1S/C41H62N8O5/c1-7-33-39(51)47(5)35-23-43-41(46-37(35)49(33)28-10-8-9-11-28)45-32-15-13-26(21-36(32)54-6)38(50)44-27-16-18-48(19-17-27)34(22-31(42)40(52)53)30-20-25(4)12-14-29(30)24(2)3/h13,15,21,23-25,27-31,33-34H,7-12,14,16-20,22,42H2,1-6H3,(H,44,50)(H,52,53)(H,43,45,46)/t25-,29+,30-,31+,33-,34?/m1/s1. The third-order valence-electron chi connectivity index (χ3n) is 12.8. The molecule has 1 aromatic heterocycles. The molecule has 2 aliphatic carbocycles. The maximum Gasteiger partial charge on any atom is 0.320 e. The number of likely N-dealkylation sites (N-methyl/N-ethyl adjacent to an activating group) is 1. The Kier molecular flexibility index (Phi) is 12.7. The molecule has 4 aliphatic rings. The summed E-state index contributed by atoms with van der Waals surface area (Å²) >= 11 is 0. The minimum absolute atomic E-state index is 0.00110. The van der Waals surface area contributed by atoms with Gasteiger partial charge in [0.25, 0.3) is 5.91 Å². The van der Waals surface area contributed by atoms with Crippen molar-refractivity contribution < 1.29 is 24.2 Å². The first kappa shape index (κ1) is 39.7. The number of carbonyl (C=O) groups excluding carboxylic acids is 2. The summed E-state index contributed by atoms with van der Waals surface area (Å²) in [5, 5.41) is 16.3. The summed E-state index contributed by atoms with van der Waals surface area (Å²) in [7, 11) is 3.36. The average Bonchev–Trinajstić information content (AvgIpc) is 3.70. The van der Waals surface area contributed by atoms with E-state index >= 15 is 0 Å². The van der Waals surface area contributed by atoms with E-state index in [4.69, 9.17) is 15.5 Å². The second-order valence-corrected chi connectivity index (χ2v) is 16.6. The lowest BCUT2D eigenvalue weighted by molar-refractivity contribution is -0.139. The highest BCUT2D eigenvalue weighted by Gasteiger charge is 2.42. The second-order valence-electron chi connectivity index (χ2n) is 16.6. The SMILES string of the molecule is CC[C@@H]1C(=O)N(C)c2cnc(Nc3ccc(C(=O)NC4CCN(C(C[C@H](N)C(=O)O)[C@@H]5C[C@H](C)CC[C@H]5C(C)C)CC4)cc3OC)nc2N1C1CCCC1. The first-order valence-corrected chi connectivity index (χ1v) is 20.3. The summed E-state index contributed by atoms with van der Waals surface area (Å²) in [6, 6.07) is 4.54. The summed E-state index contributed by atoms with van der Waals surface area (Å²) < 4.78 is 5.74. The van der Waals surface area contributed by atoms with E-state index in [1.807, 2.05) is 13.0 Å². The maximum atomic E-state index is 13.6. The van der Waals surface area contributed by atoms with Gasteiger partial charge in [0.15, 0.2) is 5.82 Å². The van der Waals surface area contributed by atoms with Crippen molar-refractivity contribution in [2.24, 2.45) is 29.4 Å². The molecular formula is C41H62N8O5. The highest BCUT2D eigenvalue weighted by Crippen LogP contribution is 2.43. The lowest BCUT2D eigenvalue weighted by atomic mass is 9.66. The van der Waals surface area contributed by atoms with Crippen molar-refractivity contribution in [3.8, 4) is 5.75 Å². The zero-order chi connectivity index (χ0) is 38.7. The molecule has 6 atom stereocenters. The number of methoxy groups -OCH3 is 1. The highest BCUT2D eigenvalue weighted by atomic mass is 16.5. The van der Waals surface area contributed by atoms with Crippen LogP contribution in [0, 0.1) is 23.7 Å². The minimum Gasteiger partial charge on any atom is -0.495 e. The molecule has 1 aromatic carbocycles. The van der Waals surface area contributed by atoms with Gasteiger partial charge < -0.3 is 36.0 Å². The normalized spacial score (nSPS) is 25.4. The number of nitrogens with two attached hydrogens (primary N) is 1. The predicted octanol–water partition coefficient (Wildman–Crippen LogP) is 5.81. The molecule has 2 saturated carbocycles. The van der Waals surface area contributed by atoms with Crippen LogP contribution < -0.4 is 30.9 Å². The zero-order valence-electron chi connectivity index (χ0n) is 33.1. The number of nitrogens with one attached hydrogen (secondary N) is 2. The number of nitrogens with zero attached hydrogens (tertiary/aromatic N) is 5. The topological polar surface area (TPSA) is 166 Å². The molecule has 1 unspecified atom stereocenters. The van der Waals surface area contributed by atoms with E-state index in [1.165, 1.54) is 12.8 Å². The van der Waals surface area contributed by atoms with Crippen molar-refractivity contribution in [2.75, 3.05) is 42.4 Å². The van der Waals surface area contributed by atoms with Crippen molar-refractivity contribution in [3.05, 3.63) is 30.0 Å². The van der Waals surface area contributed by atoms with E-state index in [-0.39, 0.29) is 36.0 Å². The van der Waals surface area contributed by atoms with E-state index in [0.717, 1.165) is 63.9 Å². The number of carboxylic acid groups (broad SMARTS) is 1.